The molecule has 2 aromatic heterocycles. The first-order valence-corrected chi connectivity index (χ1v) is 11.7. The fraction of sp³-hybridized carbons (Fsp3) is 0.565. The number of nitrogen functional groups attached to an aromatic ring is 1. The number of morpholine rings is 1. The summed E-state index contributed by atoms with van der Waals surface area (Å²) in [7, 11) is 0. The molecule has 9 nitrogen and oxygen atoms in total. The number of nitrogens with zero attached hydrogens (tertiary/aromatic N) is 5. The SMILES string of the molecule is CCc1c(C)cnc(CN2C[C@H](CC(=O)N3CCOC(CO)C3)c3c(Cl)nc(N)nc32)c1C. The summed E-state index contributed by atoms with van der Waals surface area (Å²) in [5, 5.41) is 9.69. The number of carbonyl (C=O) groups excluding carboxylic acids is 1. The molecule has 1 amide bonds. The van der Waals surface area contributed by atoms with Crippen LogP contribution in [0.3, 0.4) is 0 Å². The van der Waals surface area contributed by atoms with E-state index in [-0.39, 0.29) is 42.1 Å². The minimum absolute atomic E-state index is 0.000326. The van der Waals surface area contributed by atoms with Gasteiger partial charge < -0.3 is 25.4 Å². The van der Waals surface area contributed by atoms with Crippen molar-refractivity contribution in [3.8, 4) is 0 Å². The summed E-state index contributed by atoms with van der Waals surface area (Å²) in [6.07, 6.45) is 2.78. The fourth-order valence-corrected chi connectivity index (χ4v) is 5.21. The molecule has 1 unspecified atom stereocenters. The Morgan fingerprint density at radius 2 is 2.12 bits per heavy atom. The summed E-state index contributed by atoms with van der Waals surface area (Å²) in [4.78, 5) is 30.2. The third-order valence-electron chi connectivity index (χ3n) is 6.63. The van der Waals surface area contributed by atoms with Gasteiger partial charge in [-0.25, -0.2) is 4.98 Å². The van der Waals surface area contributed by atoms with Crippen LogP contribution in [0, 0.1) is 13.8 Å². The van der Waals surface area contributed by atoms with Crippen molar-refractivity contribution in [1.82, 2.24) is 19.9 Å². The first kappa shape index (κ1) is 23.7. The van der Waals surface area contributed by atoms with Gasteiger partial charge in [-0.3, -0.25) is 9.78 Å². The molecule has 0 radical (unpaired) electrons. The molecule has 2 aliphatic heterocycles. The number of rotatable bonds is 6. The van der Waals surface area contributed by atoms with Crippen molar-refractivity contribution < 1.29 is 14.6 Å². The average Bonchev–Trinajstić information content (AvgIpc) is 3.13. The van der Waals surface area contributed by atoms with Crippen LogP contribution >= 0.6 is 11.6 Å². The van der Waals surface area contributed by atoms with Gasteiger partial charge in [-0.15, -0.1) is 0 Å². The molecule has 4 rings (SSSR count). The van der Waals surface area contributed by atoms with Crippen LogP contribution in [0.4, 0.5) is 11.8 Å². The Morgan fingerprint density at radius 3 is 2.85 bits per heavy atom. The van der Waals surface area contributed by atoms with Crippen LogP contribution < -0.4 is 10.6 Å². The van der Waals surface area contributed by atoms with E-state index in [1.807, 2.05) is 6.20 Å². The molecule has 10 heteroatoms. The number of pyridine rings is 1. The van der Waals surface area contributed by atoms with E-state index < -0.39 is 0 Å². The molecule has 4 heterocycles. The zero-order chi connectivity index (χ0) is 23.7. The molecule has 0 saturated carbocycles. The van der Waals surface area contributed by atoms with Gasteiger partial charge in [-0.1, -0.05) is 18.5 Å². The molecule has 1 saturated heterocycles. The Morgan fingerprint density at radius 1 is 1.33 bits per heavy atom. The lowest BCUT2D eigenvalue weighted by molar-refractivity contribution is -0.140. The van der Waals surface area contributed by atoms with Gasteiger partial charge in [0.15, 0.2) is 0 Å². The van der Waals surface area contributed by atoms with Crippen molar-refractivity contribution in [2.45, 2.75) is 52.2 Å². The quantitative estimate of drug-likeness (QED) is 0.610. The molecule has 2 aromatic rings. The minimum Gasteiger partial charge on any atom is -0.394 e. The van der Waals surface area contributed by atoms with Crippen LogP contribution in [0.1, 0.15) is 47.2 Å². The summed E-state index contributed by atoms with van der Waals surface area (Å²) in [5.41, 5.74) is 11.3. The van der Waals surface area contributed by atoms with E-state index in [0.717, 1.165) is 17.7 Å². The number of fused-ring (bicyclic) bond motifs is 1. The van der Waals surface area contributed by atoms with Gasteiger partial charge in [-0.05, 0) is 37.0 Å². The molecule has 33 heavy (non-hydrogen) atoms. The zero-order valence-electron chi connectivity index (χ0n) is 19.3. The third kappa shape index (κ3) is 4.76. The van der Waals surface area contributed by atoms with E-state index in [9.17, 15) is 9.90 Å². The summed E-state index contributed by atoms with van der Waals surface area (Å²) in [5.74, 6) is 0.616. The van der Waals surface area contributed by atoms with E-state index in [2.05, 4.69) is 40.6 Å². The summed E-state index contributed by atoms with van der Waals surface area (Å²) in [6, 6.07) is 0. The van der Waals surface area contributed by atoms with Crippen molar-refractivity contribution in [2.75, 3.05) is 43.5 Å². The number of nitrogens with two attached hydrogens (primary N) is 1. The highest BCUT2D eigenvalue weighted by Crippen LogP contribution is 2.42. The predicted molar refractivity (Wildman–Crippen MR) is 126 cm³/mol. The van der Waals surface area contributed by atoms with Crippen molar-refractivity contribution in [3.63, 3.8) is 0 Å². The summed E-state index contributed by atoms with van der Waals surface area (Å²) >= 11 is 6.50. The number of hydrogen-bond donors (Lipinski definition) is 2. The monoisotopic (exact) mass is 474 g/mol. The largest absolute Gasteiger partial charge is 0.394 e. The number of ether oxygens (including phenoxy) is 1. The number of aliphatic hydroxyl groups is 1. The molecule has 0 aliphatic carbocycles. The van der Waals surface area contributed by atoms with Gasteiger partial charge in [0, 0.05) is 43.7 Å². The molecule has 2 atom stereocenters. The number of amides is 1. The zero-order valence-corrected chi connectivity index (χ0v) is 20.1. The highest BCUT2D eigenvalue weighted by Gasteiger charge is 2.37. The molecule has 178 valence electrons. The molecule has 0 aromatic carbocycles. The van der Waals surface area contributed by atoms with Gasteiger partial charge in [0.05, 0.1) is 31.6 Å². The lowest BCUT2D eigenvalue weighted by Gasteiger charge is -2.32. The van der Waals surface area contributed by atoms with Gasteiger partial charge in [0.25, 0.3) is 0 Å². The van der Waals surface area contributed by atoms with Crippen LogP contribution in [0.2, 0.25) is 5.15 Å². The number of halogens is 1. The smallest absolute Gasteiger partial charge is 0.223 e. The normalized spacial score (nSPS) is 20.3. The first-order valence-electron chi connectivity index (χ1n) is 11.3. The molecule has 3 N–H and O–H groups in total. The number of aliphatic hydroxyl groups excluding tert-OH is 1. The Bertz CT molecular complexity index is 1050. The number of anilines is 2. The average molecular weight is 475 g/mol. The molecule has 0 bridgehead atoms. The van der Waals surface area contributed by atoms with E-state index in [4.69, 9.17) is 22.1 Å². The number of carbonyl (C=O) groups is 1. The second kappa shape index (κ2) is 9.79. The Balaban J connectivity index is 1.59. The first-order chi connectivity index (χ1) is 15.8. The second-order valence-electron chi connectivity index (χ2n) is 8.75. The van der Waals surface area contributed by atoms with E-state index in [0.29, 0.717) is 38.6 Å². The van der Waals surface area contributed by atoms with Crippen LogP contribution in [0.25, 0.3) is 0 Å². The van der Waals surface area contributed by atoms with Crippen LogP contribution in [0.5, 0.6) is 0 Å². The maximum atomic E-state index is 13.1. The lowest BCUT2D eigenvalue weighted by atomic mass is 9.99. The minimum atomic E-state index is -0.342. The van der Waals surface area contributed by atoms with Crippen molar-refractivity contribution in [3.05, 3.63) is 39.3 Å². The second-order valence-corrected chi connectivity index (χ2v) is 9.11. The van der Waals surface area contributed by atoms with Gasteiger partial charge in [0.1, 0.15) is 11.0 Å². The third-order valence-corrected chi connectivity index (χ3v) is 6.92. The summed E-state index contributed by atoms with van der Waals surface area (Å²) < 4.78 is 5.47. The van der Waals surface area contributed by atoms with E-state index in [1.165, 1.54) is 16.7 Å². The van der Waals surface area contributed by atoms with E-state index >= 15 is 0 Å². The van der Waals surface area contributed by atoms with Gasteiger partial charge >= 0.3 is 0 Å². The Labute approximate surface area is 198 Å². The Hall–Kier alpha value is -2.49. The molecular weight excluding hydrogens is 444 g/mol. The van der Waals surface area contributed by atoms with E-state index in [1.54, 1.807) is 4.90 Å². The number of aryl methyl sites for hydroxylation is 1. The van der Waals surface area contributed by atoms with Gasteiger partial charge in [0.2, 0.25) is 11.9 Å². The van der Waals surface area contributed by atoms with Crippen molar-refractivity contribution in [2.24, 2.45) is 0 Å². The predicted octanol–water partition coefficient (Wildman–Crippen LogP) is 2.00. The standard InChI is InChI=1S/C23H31ClN6O3/c1-4-17-13(2)8-26-18(14(17)3)11-30-9-15(20-21(24)27-23(25)28-22(20)30)7-19(32)29-5-6-33-16(10-29)12-31/h8,15-16,31H,4-7,9-12H2,1-3H3,(H2,25,27,28)/t15-,16?/m0/s1. The molecule has 1 fully saturated rings. The van der Waals surface area contributed by atoms with Crippen LogP contribution in [-0.4, -0.2) is 69.8 Å². The van der Waals surface area contributed by atoms with Crippen LogP contribution in [0.15, 0.2) is 6.20 Å². The topological polar surface area (TPSA) is 118 Å². The lowest BCUT2D eigenvalue weighted by Crippen LogP contribution is -2.47. The van der Waals surface area contributed by atoms with Gasteiger partial charge in [-0.2, -0.15) is 4.98 Å². The van der Waals surface area contributed by atoms with Crippen molar-refractivity contribution >= 4 is 29.3 Å². The maximum Gasteiger partial charge on any atom is 0.223 e. The maximum absolute atomic E-state index is 13.1. The number of hydrogen-bond acceptors (Lipinski definition) is 8. The Kier molecular flexibility index (Phi) is 7.02. The molecule has 0 spiro atoms. The highest BCUT2D eigenvalue weighted by atomic mass is 35.5. The molecular formula is C23H31ClN6O3. The van der Waals surface area contributed by atoms with Crippen LogP contribution in [-0.2, 0) is 22.5 Å². The highest BCUT2D eigenvalue weighted by molar-refractivity contribution is 6.30. The number of aromatic nitrogens is 3. The fourth-order valence-electron chi connectivity index (χ4n) is 4.89. The van der Waals surface area contributed by atoms with Crippen molar-refractivity contribution in [1.29, 1.82) is 0 Å². The summed E-state index contributed by atoms with van der Waals surface area (Å²) in [6.45, 7) is 8.66. The molecule has 2 aliphatic rings.